The fraction of sp³-hybridized carbons (Fsp3) is 0.250. The first-order chi connectivity index (χ1) is 6.95. The maximum Gasteiger partial charge on any atom is 0.0270 e. The zero-order valence-electron chi connectivity index (χ0n) is 8.02. The lowest BCUT2D eigenvalue weighted by atomic mass is 10.1. The number of hydrogen-bond acceptors (Lipinski definition) is 2. The second-order valence-corrected chi connectivity index (χ2v) is 4.32. The van der Waals surface area contributed by atoms with Crippen molar-refractivity contribution in [2.24, 2.45) is 0 Å². The summed E-state index contributed by atoms with van der Waals surface area (Å²) in [4.78, 5) is 5.49. The SMILES string of the molecule is c1csc(CCCc2ccncc2)c1. The van der Waals surface area contributed by atoms with Crippen molar-refractivity contribution in [1.82, 2.24) is 4.98 Å². The second-order valence-electron chi connectivity index (χ2n) is 3.29. The third-order valence-corrected chi connectivity index (χ3v) is 3.15. The Bertz CT molecular complexity index is 353. The van der Waals surface area contributed by atoms with E-state index in [-0.39, 0.29) is 0 Å². The van der Waals surface area contributed by atoms with Crippen molar-refractivity contribution in [1.29, 1.82) is 0 Å². The van der Waals surface area contributed by atoms with Gasteiger partial charge in [0.05, 0.1) is 0 Å². The lowest BCUT2D eigenvalue weighted by Gasteiger charge is -1.99. The molecule has 0 aromatic carbocycles. The van der Waals surface area contributed by atoms with Crippen LogP contribution in [0.4, 0.5) is 0 Å². The lowest BCUT2D eigenvalue weighted by molar-refractivity contribution is 0.829. The van der Waals surface area contributed by atoms with Crippen LogP contribution < -0.4 is 0 Å². The zero-order valence-corrected chi connectivity index (χ0v) is 8.83. The second kappa shape index (κ2) is 4.91. The van der Waals surface area contributed by atoms with Gasteiger partial charge >= 0.3 is 0 Å². The number of rotatable bonds is 4. The van der Waals surface area contributed by atoms with Crippen molar-refractivity contribution < 1.29 is 0 Å². The Labute approximate surface area is 88.4 Å². The van der Waals surface area contributed by atoms with Gasteiger partial charge in [-0.2, -0.15) is 0 Å². The van der Waals surface area contributed by atoms with E-state index in [1.54, 1.807) is 0 Å². The third-order valence-electron chi connectivity index (χ3n) is 2.22. The summed E-state index contributed by atoms with van der Waals surface area (Å²) in [6, 6.07) is 8.51. The minimum Gasteiger partial charge on any atom is -0.265 e. The highest BCUT2D eigenvalue weighted by Gasteiger charge is 1.95. The average molecular weight is 203 g/mol. The maximum atomic E-state index is 4.01. The quantitative estimate of drug-likeness (QED) is 0.743. The average Bonchev–Trinajstić information content (AvgIpc) is 2.72. The molecule has 2 aromatic heterocycles. The summed E-state index contributed by atoms with van der Waals surface area (Å²) in [5.74, 6) is 0. The maximum absolute atomic E-state index is 4.01. The zero-order chi connectivity index (χ0) is 9.64. The molecule has 0 fully saturated rings. The van der Waals surface area contributed by atoms with Crippen molar-refractivity contribution in [2.75, 3.05) is 0 Å². The van der Waals surface area contributed by atoms with Gasteiger partial charge in [-0.05, 0) is 48.4 Å². The van der Waals surface area contributed by atoms with Crippen molar-refractivity contribution in [3.63, 3.8) is 0 Å². The van der Waals surface area contributed by atoms with Crippen LogP contribution in [0.15, 0.2) is 42.0 Å². The molecule has 0 saturated heterocycles. The molecule has 0 unspecified atom stereocenters. The minimum atomic E-state index is 1.15. The molecule has 0 amide bonds. The van der Waals surface area contributed by atoms with Crippen LogP contribution >= 0.6 is 11.3 Å². The summed E-state index contributed by atoms with van der Waals surface area (Å²) in [5.41, 5.74) is 1.39. The first kappa shape index (κ1) is 9.41. The van der Waals surface area contributed by atoms with Gasteiger partial charge in [0.1, 0.15) is 0 Å². The van der Waals surface area contributed by atoms with Crippen molar-refractivity contribution >= 4 is 11.3 Å². The number of hydrogen-bond donors (Lipinski definition) is 0. The monoisotopic (exact) mass is 203 g/mol. The number of aromatic nitrogens is 1. The highest BCUT2D eigenvalue weighted by atomic mass is 32.1. The smallest absolute Gasteiger partial charge is 0.0270 e. The molecule has 0 N–H and O–H groups in total. The van der Waals surface area contributed by atoms with Crippen LogP contribution in [-0.2, 0) is 12.8 Å². The van der Waals surface area contributed by atoms with Gasteiger partial charge in [0.2, 0.25) is 0 Å². The van der Waals surface area contributed by atoms with Crippen molar-refractivity contribution in [2.45, 2.75) is 19.3 Å². The molecule has 2 heterocycles. The fourth-order valence-corrected chi connectivity index (χ4v) is 2.22. The Morgan fingerprint density at radius 2 is 1.93 bits per heavy atom. The topological polar surface area (TPSA) is 12.9 Å². The van der Waals surface area contributed by atoms with E-state index in [4.69, 9.17) is 0 Å². The standard InChI is InChI=1S/C12H13NS/c1(4-12-5-2-10-14-12)3-11-6-8-13-9-7-11/h2,5-10H,1,3-4H2. The van der Waals surface area contributed by atoms with Crippen LogP contribution in [0.2, 0.25) is 0 Å². The molecule has 2 aromatic rings. The molecule has 0 spiro atoms. The van der Waals surface area contributed by atoms with Gasteiger partial charge in [0, 0.05) is 17.3 Å². The predicted molar refractivity (Wildman–Crippen MR) is 60.6 cm³/mol. The van der Waals surface area contributed by atoms with E-state index in [0.717, 1.165) is 6.42 Å². The van der Waals surface area contributed by atoms with Crippen LogP contribution in [-0.4, -0.2) is 4.98 Å². The van der Waals surface area contributed by atoms with E-state index in [9.17, 15) is 0 Å². The lowest BCUT2D eigenvalue weighted by Crippen LogP contribution is -1.87. The molecule has 14 heavy (non-hydrogen) atoms. The third kappa shape index (κ3) is 2.67. The normalized spacial score (nSPS) is 10.3. The largest absolute Gasteiger partial charge is 0.265 e. The van der Waals surface area contributed by atoms with Crippen LogP contribution in [0.5, 0.6) is 0 Å². The van der Waals surface area contributed by atoms with Crippen LogP contribution in [0, 0.1) is 0 Å². The van der Waals surface area contributed by atoms with Crippen LogP contribution in [0.25, 0.3) is 0 Å². The van der Waals surface area contributed by atoms with E-state index in [1.165, 1.54) is 23.3 Å². The van der Waals surface area contributed by atoms with Gasteiger partial charge in [-0.3, -0.25) is 4.98 Å². The molecule has 1 nitrogen and oxygen atoms in total. The van der Waals surface area contributed by atoms with Gasteiger partial charge in [-0.1, -0.05) is 6.07 Å². The Morgan fingerprint density at radius 3 is 2.64 bits per heavy atom. The van der Waals surface area contributed by atoms with Gasteiger partial charge in [-0.25, -0.2) is 0 Å². The summed E-state index contributed by atoms with van der Waals surface area (Å²) < 4.78 is 0. The molecular weight excluding hydrogens is 190 g/mol. The molecule has 72 valence electrons. The molecular formula is C12H13NS. The van der Waals surface area contributed by atoms with E-state index >= 15 is 0 Å². The predicted octanol–water partition coefficient (Wildman–Crippen LogP) is 3.32. The Kier molecular flexibility index (Phi) is 3.30. The number of pyridine rings is 1. The fourth-order valence-electron chi connectivity index (χ4n) is 1.47. The number of nitrogens with zero attached hydrogens (tertiary/aromatic N) is 1. The van der Waals surface area contributed by atoms with Gasteiger partial charge in [0.15, 0.2) is 0 Å². The number of aryl methyl sites for hydroxylation is 2. The number of thiophene rings is 1. The van der Waals surface area contributed by atoms with E-state index in [2.05, 4.69) is 34.6 Å². The summed E-state index contributed by atoms with van der Waals surface area (Å²) in [7, 11) is 0. The molecule has 2 rings (SSSR count). The Balaban J connectivity index is 1.79. The molecule has 0 aliphatic heterocycles. The molecule has 0 aliphatic carbocycles. The van der Waals surface area contributed by atoms with E-state index < -0.39 is 0 Å². The Hall–Kier alpha value is -1.15. The van der Waals surface area contributed by atoms with E-state index in [0.29, 0.717) is 0 Å². The Morgan fingerprint density at radius 1 is 1.07 bits per heavy atom. The van der Waals surface area contributed by atoms with Gasteiger partial charge in [-0.15, -0.1) is 11.3 Å². The highest BCUT2D eigenvalue weighted by Crippen LogP contribution is 2.12. The van der Waals surface area contributed by atoms with Gasteiger partial charge in [0.25, 0.3) is 0 Å². The van der Waals surface area contributed by atoms with Crippen molar-refractivity contribution in [3.8, 4) is 0 Å². The summed E-state index contributed by atoms with van der Waals surface area (Å²) in [6.45, 7) is 0. The molecule has 2 heteroatoms. The van der Waals surface area contributed by atoms with Gasteiger partial charge < -0.3 is 0 Å². The van der Waals surface area contributed by atoms with Crippen molar-refractivity contribution in [3.05, 3.63) is 52.5 Å². The van der Waals surface area contributed by atoms with E-state index in [1.807, 2.05) is 23.7 Å². The molecule has 0 saturated carbocycles. The molecule has 0 atom stereocenters. The first-order valence-corrected chi connectivity index (χ1v) is 5.74. The highest BCUT2D eigenvalue weighted by molar-refractivity contribution is 7.09. The first-order valence-electron chi connectivity index (χ1n) is 4.86. The van der Waals surface area contributed by atoms with Crippen LogP contribution in [0.1, 0.15) is 16.9 Å². The minimum absolute atomic E-state index is 1.15. The summed E-state index contributed by atoms with van der Waals surface area (Å²) in [5, 5.41) is 2.14. The van der Waals surface area contributed by atoms with Crippen LogP contribution in [0.3, 0.4) is 0 Å². The molecule has 0 radical (unpaired) electrons. The summed E-state index contributed by atoms with van der Waals surface area (Å²) >= 11 is 1.85. The molecule has 0 aliphatic rings. The summed E-state index contributed by atoms with van der Waals surface area (Å²) in [6.07, 6.45) is 7.30. The molecule has 0 bridgehead atoms.